The number of esters is 1. The summed E-state index contributed by atoms with van der Waals surface area (Å²) in [5.41, 5.74) is 1.06. The second-order valence-corrected chi connectivity index (χ2v) is 9.66. The normalized spacial score (nSPS) is 20.2. The first kappa shape index (κ1) is 26.2. The van der Waals surface area contributed by atoms with Crippen LogP contribution in [0.4, 0.5) is 20.5 Å². The Hall–Kier alpha value is -3.38. The molecule has 1 aromatic carbocycles. The van der Waals surface area contributed by atoms with Crippen LogP contribution in [0, 0.1) is 5.92 Å². The zero-order valence-corrected chi connectivity index (χ0v) is 21.4. The number of para-hydroxylation sites is 2. The third kappa shape index (κ3) is 6.02. The number of methoxy groups -OCH3 is 1. The van der Waals surface area contributed by atoms with E-state index < -0.39 is 6.43 Å². The highest BCUT2D eigenvalue weighted by molar-refractivity contribution is 5.78. The molecule has 38 heavy (non-hydrogen) atoms. The molecule has 2 aromatic heterocycles. The van der Waals surface area contributed by atoms with E-state index in [0.29, 0.717) is 73.4 Å². The lowest BCUT2D eigenvalue weighted by Crippen LogP contribution is -2.38. The van der Waals surface area contributed by atoms with Gasteiger partial charge in [0.2, 0.25) is 5.95 Å². The topological polar surface area (TPSA) is 106 Å². The van der Waals surface area contributed by atoms with Crippen LogP contribution in [0.15, 0.2) is 30.3 Å². The average Bonchev–Trinajstić information content (AvgIpc) is 3.36. The van der Waals surface area contributed by atoms with Gasteiger partial charge in [0.05, 0.1) is 37.9 Å². The molecule has 0 bridgehead atoms. The molecule has 5 rings (SSSR count). The molecule has 1 saturated heterocycles. The zero-order chi connectivity index (χ0) is 26.5. The number of anilines is 2. The van der Waals surface area contributed by atoms with Gasteiger partial charge in [-0.1, -0.05) is 12.1 Å². The third-order valence-corrected chi connectivity index (χ3v) is 7.20. The fourth-order valence-electron chi connectivity index (χ4n) is 5.11. The lowest BCUT2D eigenvalue weighted by molar-refractivity contribution is -0.139. The van der Waals surface area contributed by atoms with Gasteiger partial charge in [0.25, 0.3) is 6.43 Å². The summed E-state index contributed by atoms with van der Waals surface area (Å²) in [5.74, 6) is 1.21. The largest absolute Gasteiger partial charge is 0.468 e. The van der Waals surface area contributed by atoms with Gasteiger partial charge in [0.15, 0.2) is 5.82 Å². The van der Waals surface area contributed by atoms with E-state index in [1.165, 1.54) is 11.7 Å². The van der Waals surface area contributed by atoms with Crippen LogP contribution in [-0.4, -0.2) is 78.0 Å². The Bertz CT molecular complexity index is 1240. The van der Waals surface area contributed by atoms with Gasteiger partial charge in [-0.15, -0.1) is 0 Å². The molecule has 10 nitrogen and oxygen atoms in total. The molecule has 2 fully saturated rings. The summed E-state index contributed by atoms with van der Waals surface area (Å²) in [6.07, 6.45) is 1.14. The van der Waals surface area contributed by atoms with Gasteiger partial charge in [0, 0.05) is 31.7 Å². The summed E-state index contributed by atoms with van der Waals surface area (Å²) < 4.78 is 39.7. The molecular weight excluding hydrogens is 496 g/mol. The summed E-state index contributed by atoms with van der Waals surface area (Å²) in [5, 5.41) is 6.63. The number of carbonyl (C=O) groups is 1. The van der Waals surface area contributed by atoms with Crippen molar-refractivity contribution in [2.45, 2.75) is 38.2 Å². The van der Waals surface area contributed by atoms with Crippen molar-refractivity contribution in [1.82, 2.24) is 24.8 Å². The minimum Gasteiger partial charge on any atom is -0.468 e. The molecule has 0 spiro atoms. The summed E-state index contributed by atoms with van der Waals surface area (Å²) in [4.78, 5) is 27.1. The molecule has 0 amide bonds. The number of nitrogens with zero attached hydrogens (tertiary/aromatic N) is 5. The van der Waals surface area contributed by atoms with Crippen LogP contribution in [0.3, 0.4) is 0 Å². The molecular formula is C26H33F2N7O3. The van der Waals surface area contributed by atoms with Crippen LogP contribution >= 0.6 is 0 Å². The van der Waals surface area contributed by atoms with Crippen molar-refractivity contribution in [1.29, 1.82) is 0 Å². The maximum Gasteiger partial charge on any atom is 0.319 e. The highest BCUT2D eigenvalue weighted by Crippen LogP contribution is 2.30. The number of fused-ring (bicyclic) bond motifs is 1. The number of aromatic nitrogens is 4. The molecule has 1 aliphatic heterocycles. The highest BCUT2D eigenvalue weighted by atomic mass is 19.3. The van der Waals surface area contributed by atoms with Crippen LogP contribution in [0.5, 0.6) is 0 Å². The molecule has 0 unspecified atom stereocenters. The van der Waals surface area contributed by atoms with Crippen LogP contribution in [0.2, 0.25) is 0 Å². The van der Waals surface area contributed by atoms with E-state index >= 15 is 0 Å². The first-order valence-corrected chi connectivity index (χ1v) is 13.0. The van der Waals surface area contributed by atoms with E-state index in [1.54, 1.807) is 30.3 Å². The average molecular weight is 530 g/mol. The number of ether oxygens (including phenoxy) is 2. The van der Waals surface area contributed by atoms with E-state index in [9.17, 15) is 13.6 Å². The minimum absolute atomic E-state index is 0.221. The molecule has 3 aromatic rings. The molecule has 2 aliphatic rings. The van der Waals surface area contributed by atoms with Crippen molar-refractivity contribution >= 4 is 28.8 Å². The molecule has 0 atom stereocenters. The van der Waals surface area contributed by atoms with Gasteiger partial charge in [-0.05, 0) is 43.7 Å². The number of morpholine rings is 1. The van der Waals surface area contributed by atoms with Gasteiger partial charge in [-0.2, -0.15) is 9.97 Å². The fraction of sp³-hybridized carbons (Fsp3) is 0.538. The van der Waals surface area contributed by atoms with Crippen molar-refractivity contribution in [2.75, 3.05) is 56.7 Å². The first-order valence-electron chi connectivity index (χ1n) is 13.0. The van der Waals surface area contributed by atoms with Crippen molar-refractivity contribution in [3.63, 3.8) is 0 Å². The summed E-state index contributed by atoms with van der Waals surface area (Å²) in [6.45, 7) is 3.35. The van der Waals surface area contributed by atoms with E-state index in [4.69, 9.17) is 14.5 Å². The Morgan fingerprint density at radius 1 is 1.11 bits per heavy atom. The molecule has 0 radical (unpaired) electrons. The summed E-state index contributed by atoms with van der Waals surface area (Å²) >= 11 is 0. The first-order chi connectivity index (χ1) is 18.5. The van der Waals surface area contributed by atoms with E-state index in [0.717, 1.165) is 25.7 Å². The van der Waals surface area contributed by atoms with Crippen LogP contribution in [0.1, 0.15) is 37.9 Å². The lowest BCUT2D eigenvalue weighted by atomic mass is 9.86. The molecule has 3 heterocycles. The van der Waals surface area contributed by atoms with E-state index in [2.05, 4.69) is 25.5 Å². The highest BCUT2D eigenvalue weighted by Gasteiger charge is 2.25. The number of rotatable bonds is 9. The second kappa shape index (κ2) is 12.0. The van der Waals surface area contributed by atoms with E-state index in [-0.39, 0.29) is 18.3 Å². The van der Waals surface area contributed by atoms with Crippen molar-refractivity contribution in [3.05, 3.63) is 36.2 Å². The minimum atomic E-state index is -2.76. The predicted octanol–water partition coefficient (Wildman–Crippen LogP) is 3.32. The van der Waals surface area contributed by atoms with Crippen LogP contribution in [-0.2, 0) is 14.3 Å². The van der Waals surface area contributed by atoms with Crippen LogP contribution < -0.4 is 15.5 Å². The maximum absolute atomic E-state index is 14.0. The Labute approximate surface area is 219 Å². The molecule has 204 valence electrons. The summed E-state index contributed by atoms with van der Waals surface area (Å²) in [7, 11) is 1.39. The maximum atomic E-state index is 14.0. The molecule has 12 heteroatoms. The number of nitrogens with one attached hydrogen (secondary N) is 2. The predicted molar refractivity (Wildman–Crippen MR) is 139 cm³/mol. The smallest absolute Gasteiger partial charge is 0.319 e. The van der Waals surface area contributed by atoms with Gasteiger partial charge < -0.3 is 25.0 Å². The van der Waals surface area contributed by atoms with Gasteiger partial charge in [-0.25, -0.2) is 13.8 Å². The fourth-order valence-corrected chi connectivity index (χ4v) is 5.11. The summed E-state index contributed by atoms with van der Waals surface area (Å²) in [6, 6.07) is 9.10. The van der Waals surface area contributed by atoms with E-state index in [1.807, 2.05) is 0 Å². The SMILES string of the molecule is COC(=O)CNC1CCC(CNc2nc(N3CCOCC3)cc(-n3c(C(F)F)nc4ccccc43)n2)CC1. The number of halogens is 2. The number of carbonyl (C=O) groups excluding carboxylic acids is 1. The van der Waals surface area contributed by atoms with Gasteiger partial charge in [-0.3, -0.25) is 9.36 Å². The van der Waals surface area contributed by atoms with Gasteiger partial charge in [0.1, 0.15) is 11.6 Å². The van der Waals surface area contributed by atoms with Crippen molar-refractivity contribution < 1.29 is 23.0 Å². The zero-order valence-electron chi connectivity index (χ0n) is 21.4. The quantitative estimate of drug-likeness (QED) is 0.404. The Morgan fingerprint density at radius 2 is 1.84 bits per heavy atom. The molecule has 1 aliphatic carbocycles. The Kier molecular flexibility index (Phi) is 8.28. The third-order valence-electron chi connectivity index (χ3n) is 7.20. The van der Waals surface area contributed by atoms with Gasteiger partial charge >= 0.3 is 5.97 Å². The van der Waals surface area contributed by atoms with Crippen LogP contribution in [0.25, 0.3) is 16.9 Å². The molecule has 1 saturated carbocycles. The Morgan fingerprint density at radius 3 is 2.58 bits per heavy atom. The molecule has 2 N–H and O–H groups in total. The van der Waals surface area contributed by atoms with Crippen molar-refractivity contribution in [3.8, 4) is 5.82 Å². The van der Waals surface area contributed by atoms with Crippen molar-refractivity contribution in [2.24, 2.45) is 5.92 Å². The second-order valence-electron chi connectivity index (χ2n) is 9.66. The Balaban J connectivity index is 1.36. The monoisotopic (exact) mass is 529 g/mol. The number of imidazole rings is 1. The number of benzene rings is 1. The number of hydrogen-bond donors (Lipinski definition) is 2. The number of hydrogen-bond acceptors (Lipinski definition) is 9. The number of alkyl halides is 2. The lowest BCUT2D eigenvalue weighted by Gasteiger charge is -2.30. The standard InChI is InChI=1S/C26H33F2N7O3/c1-37-23(36)16-29-18-8-6-17(7-9-18)15-30-26-32-21(34-10-12-38-13-11-34)14-22(33-26)35-20-5-3-2-4-19(20)31-25(35)24(27)28/h2-5,14,17-18,24,29H,6-13,15-16H2,1H3,(H,30,32,33).